The number of alkyl halides is 1. The number of carboxylic acids is 1. The number of aliphatic carboxylic acids is 1. The molecule has 3 rings (SSSR count). The Hall–Kier alpha value is -1.58. The number of aliphatic imine (C=N–C) groups is 1. The van der Waals surface area contributed by atoms with Crippen LogP contribution >= 0.6 is 43.2 Å². The first kappa shape index (κ1) is 19.2. The lowest BCUT2D eigenvalue weighted by Crippen LogP contribution is -2.38. The molecule has 0 unspecified atom stereocenters. The van der Waals surface area contributed by atoms with Gasteiger partial charge in [0.2, 0.25) is 0 Å². The van der Waals surface area contributed by atoms with Gasteiger partial charge in [-0.2, -0.15) is 0 Å². The van der Waals surface area contributed by atoms with Gasteiger partial charge in [-0.3, -0.25) is 4.99 Å². The van der Waals surface area contributed by atoms with E-state index < -0.39 is 17.8 Å². The average Bonchev–Trinajstić information content (AvgIpc) is 3.14. The molecule has 2 aromatic rings. The Morgan fingerprint density at radius 1 is 1.46 bits per heavy atom. The molecule has 1 atom stereocenters. The number of benzene rings is 1. The molecule has 0 saturated carbocycles. The van der Waals surface area contributed by atoms with Crippen molar-refractivity contribution in [2.75, 3.05) is 11.9 Å². The maximum absolute atomic E-state index is 13.5. The molecule has 1 N–H and O–H groups in total. The van der Waals surface area contributed by atoms with E-state index >= 15 is 0 Å². The summed E-state index contributed by atoms with van der Waals surface area (Å²) in [6, 6.07) is 3.41. The number of carbonyl (C=O) groups is 1. The predicted octanol–water partition coefficient (Wildman–Crippen LogP) is 4.60. The Morgan fingerprint density at radius 2 is 2.23 bits per heavy atom. The zero-order valence-corrected chi connectivity index (χ0v) is 17.6. The van der Waals surface area contributed by atoms with Gasteiger partial charge in [0, 0.05) is 33.6 Å². The number of aromatic nitrogens is 1. The van der Waals surface area contributed by atoms with Gasteiger partial charge in [0.1, 0.15) is 11.9 Å². The lowest BCUT2D eigenvalue weighted by molar-refractivity contribution is -0.133. The van der Waals surface area contributed by atoms with Crippen LogP contribution in [0.2, 0.25) is 0 Å². The third kappa shape index (κ3) is 3.47. The monoisotopic (exact) mass is 501 g/mol. The van der Waals surface area contributed by atoms with Crippen LogP contribution in [0.5, 0.6) is 0 Å². The van der Waals surface area contributed by atoms with Crippen molar-refractivity contribution in [1.82, 2.24) is 9.88 Å². The van der Waals surface area contributed by atoms with Crippen LogP contribution in [0.15, 0.2) is 50.5 Å². The van der Waals surface area contributed by atoms with E-state index in [0.29, 0.717) is 38.5 Å². The van der Waals surface area contributed by atoms with E-state index in [0.717, 1.165) is 0 Å². The molecule has 0 radical (unpaired) electrons. The minimum Gasteiger partial charge on any atom is -0.478 e. The Kier molecular flexibility index (Phi) is 5.89. The fourth-order valence-electron chi connectivity index (χ4n) is 2.87. The van der Waals surface area contributed by atoms with Crippen molar-refractivity contribution < 1.29 is 14.3 Å². The summed E-state index contributed by atoms with van der Waals surface area (Å²) < 4.78 is 14.0. The lowest BCUT2D eigenvalue weighted by atomic mass is 9.95. The highest BCUT2D eigenvalue weighted by atomic mass is 79.9. The SMILES string of the molecule is CCN1C(c2nccs2)=N[C@@H](c2ccc(F)cc2Br)C(C(=O)O)=C1CBr. The molecule has 0 fully saturated rings. The van der Waals surface area contributed by atoms with Gasteiger partial charge in [-0.25, -0.2) is 14.2 Å². The molecule has 1 aromatic heterocycles. The Labute approximate surface area is 170 Å². The Morgan fingerprint density at radius 3 is 2.77 bits per heavy atom. The molecule has 136 valence electrons. The van der Waals surface area contributed by atoms with Crippen LogP contribution in [-0.4, -0.2) is 38.7 Å². The molecular formula is C17H14Br2FN3O2S. The van der Waals surface area contributed by atoms with Crippen LogP contribution < -0.4 is 0 Å². The van der Waals surface area contributed by atoms with Gasteiger partial charge >= 0.3 is 5.97 Å². The van der Waals surface area contributed by atoms with Crippen molar-refractivity contribution in [2.24, 2.45) is 4.99 Å². The normalized spacial score (nSPS) is 17.5. The molecule has 1 aromatic carbocycles. The van der Waals surface area contributed by atoms with Gasteiger partial charge in [-0.1, -0.05) is 37.9 Å². The first-order chi connectivity index (χ1) is 12.5. The standard InChI is InChI=1S/C17H14Br2FN3O2S/c1-2-23-12(8-18)13(17(24)25)14(10-4-3-9(20)7-11(10)19)22-15(23)16-21-5-6-26-16/h3-7,14H,2,8H2,1H3,(H,24,25)/t14-/m0/s1. The zero-order chi connectivity index (χ0) is 18.8. The summed E-state index contributed by atoms with van der Waals surface area (Å²) in [5.74, 6) is -0.846. The molecule has 1 aliphatic heterocycles. The van der Waals surface area contributed by atoms with Crippen molar-refractivity contribution in [2.45, 2.75) is 13.0 Å². The molecule has 0 aliphatic carbocycles. The van der Waals surface area contributed by atoms with Crippen molar-refractivity contribution in [3.05, 3.63) is 61.9 Å². The molecule has 2 heterocycles. The van der Waals surface area contributed by atoms with Crippen LogP contribution in [0.1, 0.15) is 23.5 Å². The fraction of sp³-hybridized carbons (Fsp3) is 0.235. The van der Waals surface area contributed by atoms with Crippen LogP contribution in [0.25, 0.3) is 0 Å². The number of rotatable bonds is 5. The topological polar surface area (TPSA) is 65.8 Å². The van der Waals surface area contributed by atoms with Crippen molar-refractivity contribution in [1.29, 1.82) is 0 Å². The number of amidine groups is 1. The molecule has 0 amide bonds. The highest BCUT2D eigenvalue weighted by Crippen LogP contribution is 2.39. The Balaban J connectivity index is 2.25. The van der Waals surface area contributed by atoms with Crippen LogP contribution in [0.4, 0.5) is 4.39 Å². The van der Waals surface area contributed by atoms with Crippen LogP contribution in [0, 0.1) is 5.82 Å². The van der Waals surface area contributed by atoms with Crippen molar-refractivity contribution in [3.63, 3.8) is 0 Å². The third-order valence-corrected chi connectivity index (χ3v) is 5.96. The number of thiazole rings is 1. The van der Waals surface area contributed by atoms with Crippen LogP contribution in [-0.2, 0) is 4.79 Å². The predicted molar refractivity (Wildman–Crippen MR) is 106 cm³/mol. The number of carboxylic acid groups (broad SMARTS) is 1. The summed E-state index contributed by atoms with van der Waals surface area (Å²) in [7, 11) is 0. The van der Waals surface area contributed by atoms with E-state index in [4.69, 9.17) is 4.99 Å². The minimum absolute atomic E-state index is 0.163. The summed E-state index contributed by atoms with van der Waals surface area (Å²) in [6.45, 7) is 2.48. The summed E-state index contributed by atoms with van der Waals surface area (Å²) in [4.78, 5) is 23.0. The number of halogens is 3. The fourth-order valence-corrected chi connectivity index (χ4v) is 4.68. The number of nitrogens with zero attached hydrogens (tertiary/aromatic N) is 3. The molecule has 5 nitrogen and oxygen atoms in total. The molecule has 0 saturated heterocycles. The molecule has 26 heavy (non-hydrogen) atoms. The molecule has 9 heteroatoms. The first-order valence-electron chi connectivity index (χ1n) is 7.70. The second kappa shape index (κ2) is 7.98. The molecule has 1 aliphatic rings. The number of hydrogen-bond acceptors (Lipinski definition) is 5. The van der Waals surface area contributed by atoms with E-state index in [1.54, 1.807) is 12.3 Å². The largest absolute Gasteiger partial charge is 0.478 e. The van der Waals surface area contributed by atoms with E-state index in [-0.39, 0.29) is 5.57 Å². The van der Waals surface area contributed by atoms with Crippen molar-refractivity contribution >= 4 is 55.0 Å². The van der Waals surface area contributed by atoms with Crippen molar-refractivity contribution in [3.8, 4) is 0 Å². The zero-order valence-electron chi connectivity index (χ0n) is 13.6. The quantitative estimate of drug-likeness (QED) is 0.606. The van der Waals surface area contributed by atoms with E-state index in [2.05, 4.69) is 36.8 Å². The second-order valence-corrected chi connectivity index (χ2v) is 7.71. The maximum atomic E-state index is 13.5. The summed E-state index contributed by atoms with van der Waals surface area (Å²) in [6.07, 6.45) is 1.68. The molecular weight excluding hydrogens is 489 g/mol. The second-order valence-electron chi connectivity index (χ2n) is 5.40. The van der Waals surface area contributed by atoms with Gasteiger partial charge in [0.05, 0.1) is 5.57 Å². The van der Waals surface area contributed by atoms with Crippen LogP contribution in [0.3, 0.4) is 0 Å². The van der Waals surface area contributed by atoms with E-state index in [1.165, 1.54) is 23.5 Å². The van der Waals surface area contributed by atoms with Gasteiger partial charge < -0.3 is 10.0 Å². The molecule has 0 bridgehead atoms. The van der Waals surface area contributed by atoms with Gasteiger partial charge in [0.25, 0.3) is 0 Å². The number of hydrogen-bond donors (Lipinski definition) is 1. The maximum Gasteiger partial charge on any atom is 0.335 e. The summed E-state index contributed by atoms with van der Waals surface area (Å²) >= 11 is 8.19. The number of allylic oxidation sites excluding steroid dienone is 1. The van der Waals surface area contributed by atoms with Gasteiger partial charge in [-0.15, -0.1) is 11.3 Å². The highest BCUT2D eigenvalue weighted by Gasteiger charge is 2.36. The third-order valence-electron chi connectivity index (χ3n) is 3.97. The van der Waals surface area contributed by atoms with Gasteiger partial charge in [-0.05, 0) is 24.6 Å². The average molecular weight is 503 g/mol. The summed E-state index contributed by atoms with van der Waals surface area (Å²) in [5.41, 5.74) is 1.37. The Bertz CT molecular complexity index is 899. The summed E-state index contributed by atoms with van der Waals surface area (Å²) in [5, 5.41) is 12.8. The highest BCUT2D eigenvalue weighted by molar-refractivity contribution is 9.10. The lowest BCUT2D eigenvalue weighted by Gasteiger charge is -2.34. The van der Waals surface area contributed by atoms with E-state index in [9.17, 15) is 14.3 Å². The molecule has 0 spiro atoms. The van der Waals surface area contributed by atoms with Gasteiger partial charge in [0.15, 0.2) is 10.8 Å². The smallest absolute Gasteiger partial charge is 0.335 e. The first-order valence-corrected chi connectivity index (χ1v) is 10.5. The van der Waals surface area contributed by atoms with E-state index in [1.807, 2.05) is 17.2 Å². The minimum atomic E-state index is -1.05.